The first kappa shape index (κ1) is 20.1. The van der Waals surface area contributed by atoms with E-state index in [0.717, 1.165) is 56.9 Å². The average Bonchev–Trinajstić information content (AvgIpc) is 3.51. The molecular weight excluding hydrogens is 360 g/mol. The first-order chi connectivity index (χ1) is 13.9. The fraction of sp³-hybridized carbons (Fsp3) is 0.480. The highest BCUT2D eigenvalue weighted by molar-refractivity contribution is 6.01. The molecule has 0 spiro atoms. The van der Waals surface area contributed by atoms with Crippen LogP contribution in [0.25, 0.3) is 0 Å². The summed E-state index contributed by atoms with van der Waals surface area (Å²) in [6.07, 6.45) is 1.84. The van der Waals surface area contributed by atoms with Crippen molar-refractivity contribution in [2.24, 2.45) is 0 Å². The topological polar surface area (TPSA) is 41.6 Å². The number of anilines is 1. The number of hydrogen-bond donors (Lipinski definition) is 1. The van der Waals surface area contributed by atoms with Gasteiger partial charge in [-0.3, -0.25) is 9.69 Å². The predicted molar refractivity (Wildman–Crippen MR) is 117 cm³/mol. The third-order valence-corrected chi connectivity index (χ3v) is 6.18. The van der Waals surface area contributed by atoms with Crippen LogP contribution in [0.15, 0.2) is 48.5 Å². The minimum absolute atomic E-state index is 0.115. The maximum Gasteiger partial charge on any atom is 0.235 e. The third-order valence-electron chi connectivity index (χ3n) is 6.18. The smallest absolute Gasteiger partial charge is 0.235 e. The number of carbonyl (C=O) groups is 1. The molecule has 154 valence electrons. The molecule has 2 aliphatic rings. The molecule has 0 unspecified atom stereocenters. The third kappa shape index (κ3) is 4.54. The Morgan fingerprint density at radius 3 is 2.38 bits per heavy atom. The summed E-state index contributed by atoms with van der Waals surface area (Å²) in [7, 11) is 0. The lowest BCUT2D eigenvalue weighted by molar-refractivity contribution is -0.118. The molecule has 0 atom stereocenters. The Bertz CT molecular complexity index is 857. The maximum absolute atomic E-state index is 13.1. The molecule has 2 fully saturated rings. The lowest BCUT2D eigenvalue weighted by Crippen LogP contribution is -2.35. The molecule has 1 N–H and O–H groups in total. The molecule has 0 radical (unpaired) electrons. The van der Waals surface area contributed by atoms with Crippen LogP contribution in [0.1, 0.15) is 50.3 Å². The van der Waals surface area contributed by atoms with Crippen molar-refractivity contribution in [3.05, 3.63) is 65.2 Å². The summed E-state index contributed by atoms with van der Waals surface area (Å²) in [4.78, 5) is 15.5. The van der Waals surface area contributed by atoms with Gasteiger partial charge in [0.2, 0.25) is 5.91 Å². The molecule has 1 heterocycles. The molecule has 1 aliphatic carbocycles. The molecule has 4 heteroatoms. The summed E-state index contributed by atoms with van der Waals surface area (Å²) in [5.41, 5.74) is 4.30. The Kier molecular flexibility index (Phi) is 5.50. The predicted octanol–water partition coefficient (Wildman–Crippen LogP) is 4.49. The Morgan fingerprint density at radius 1 is 1.07 bits per heavy atom. The van der Waals surface area contributed by atoms with Gasteiger partial charge in [-0.2, -0.15) is 0 Å². The zero-order chi connectivity index (χ0) is 20.5. The Labute approximate surface area is 174 Å². The van der Waals surface area contributed by atoms with Gasteiger partial charge >= 0.3 is 0 Å². The van der Waals surface area contributed by atoms with Crippen LogP contribution in [0, 0.1) is 0 Å². The average molecular weight is 393 g/mol. The fourth-order valence-corrected chi connectivity index (χ4v) is 4.08. The van der Waals surface area contributed by atoms with Gasteiger partial charge in [0.1, 0.15) is 0 Å². The van der Waals surface area contributed by atoms with Gasteiger partial charge in [0, 0.05) is 25.3 Å². The minimum atomic E-state index is -0.364. The van der Waals surface area contributed by atoms with E-state index in [1.807, 2.05) is 12.1 Å². The fourth-order valence-electron chi connectivity index (χ4n) is 4.08. The van der Waals surface area contributed by atoms with Crippen LogP contribution in [-0.4, -0.2) is 37.1 Å². The van der Waals surface area contributed by atoms with Gasteiger partial charge in [0.25, 0.3) is 0 Å². The van der Waals surface area contributed by atoms with E-state index in [4.69, 9.17) is 4.74 Å². The molecule has 4 nitrogen and oxygen atoms in total. The first-order valence-corrected chi connectivity index (χ1v) is 10.7. The van der Waals surface area contributed by atoms with E-state index in [9.17, 15) is 4.79 Å². The lowest BCUT2D eigenvalue weighted by atomic mass is 9.85. The van der Waals surface area contributed by atoms with Gasteiger partial charge in [-0.05, 0) is 47.1 Å². The SMILES string of the molecule is CC(C)(C)c1ccc(C2(C(=O)Nc3cccc(CN4CCOCC4)c3)CC2)cc1. The summed E-state index contributed by atoms with van der Waals surface area (Å²) >= 11 is 0. The second-order valence-electron chi connectivity index (χ2n) is 9.45. The van der Waals surface area contributed by atoms with Crippen molar-refractivity contribution in [3.63, 3.8) is 0 Å². The van der Waals surface area contributed by atoms with Crippen molar-refractivity contribution >= 4 is 11.6 Å². The molecule has 0 aromatic heterocycles. The molecular formula is C25H32N2O2. The quantitative estimate of drug-likeness (QED) is 0.815. The van der Waals surface area contributed by atoms with Crippen LogP contribution in [0.4, 0.5) is 5.69 Å². The molecule has 4 rings (SSSR count). The molecule has 0 bridgehead atoms. The van der Waals surface area contributed by atoms with E-state index in [2.05, 4.69) is 67.4 Å². The van der Waals surface area contributed by atoms with Crippen LogP contribution >= 0.6 is 0 Å². The normalized spacial score (nSPS) is 19.0. The van der Waals surface area contributed by atoms with E-state index in [-0.39, 0.29) is 16.7 Å². The van der Waals surface area contributed by atoms with E-state index >= 15 is 0 Å². The van der Waals surface area contributed by atoms with E-state index < -0.39 is 0 Å². The van der Waals surface area contributed by atoms with Crippen molar-refractivity contribution in [2.45, 2.75) is 51.0 Å². The van der Waals surface area contributed by atoms with Gasteiger partial charge < -0.3 is 10.1 Å². The van der Waals surface area contributed by atoms with E-state index in [0.29, 0.717) is 0 Å². The minimum Gasteiger partial charge on any atom is -0.379 e. The zero-order valence-electron chi connectivity index (χ0n) is 17.8. The molecule has 1 amide bonds. The van der Waals surface area contributed by atoms with Gasteiger partial charge in [-0.1, -0.05) is 57.2 Å². The Balaban J connectivity index is 1.44. The lowest BCUT2D eigenvalue weighted by Gasteiger charge is -2.26. The zero-order valence-corrected chi connectivity index (χ0v) is 17.8. The number of morpholine rings is 1. The number of nitrogens with zero attached hydrogens (tertiary/aromatic N) is 1. The summed E-state index contributed by atoms with van der Waals surface area (Å²) in [6.45, 7) is 11.1. The number of carbonyl (C=O) groups excluding carboxylic acids is 1. The van der Waals surface area contributed by atoms with Crippen molar-refractivity contribution in [1.82, 2.24) is 4.90 Å². The Morgan fingerprint density at radius 2 is 1.76 bits per heavy atom. The molecule has 1 saturated carbocycles. The van der Waals surface area contributed by atoms with Gasteiger partial charge in [0.05, 0.1) is 18.6 Å². The number of amides is 1. The second kappa shape index (κ2) is 7.92. The monoisotopic (exact) mass is 392 g/mol. The molecule has 2 aromatic rings. The number of nitrogens with one attached hydrogen (secondary N) is 1. The standard InChI is InChI=1S/C25H32N2O2/c1-24(2,3)20-7-9-21(10-8-20)25(11-12-25)23(28)26-22-6-4-5-19(17-22)18-27-13-15-29-16-14-27/h4-10,17H,11-16,18H2,1-3H3,(H,26,28). The maximum atomic E-state index is 13.1. The molecule has 1 saturated heterocycles. The van der Waals surface area contributed by atoms with Crippen LogP contribution < -0.4 is 5.32 Å². The summed E-state index contributed by atoms with van der Waals surface area (Å²) in [5, 5.41) is 3.18. The van der Waals surface area contributed by atoms with Crippen molar-refractivity contribution < 1.29 is 9.53 Å². The number of benzene rings is 2. The largest absolute Gasteiger partial charge is 0.379 e. The number of ether oxygens (including phenoxy) is 1. The summed E-state index contributed by atoms with van der Waals surface area (Å²) in [5.74, 6) is 0.115. The van der Waals surface area contributed by atoms with Crippen LogP contribution in [0.2, 0.25) is 0 Å². The summed E-state index contributed by atoms with van der Waals surface area (Å²) in [6, 6.07) is 16.9. The van der Waals surface area contributed by atoms with E-state index in [1.54, 1.807) is 0 Å². The van der Waals surface area contributed by atoms with Crippen LogP contribution in [-0.2, 0) is 26.9 Å². The Hall–Kier alpha value is -2.17. The number of rotatable bonds is 5. The van der Waals surface area contributed by atoms with Gasteiger partial charge in [-0.25, -0.2) is 0 Å². The van der Waals surface area contributed by atoms with Crippen molar-refractivity contribution in [1.29, 1.82) is 0 Å². The van der Waals surface area contributed by atoms with E-state index in [1.165, 1.54) is 11.1 Å². The van der Waals surface area contributed by atoms with Gasteiger partial charge in [0.15, 0.2) is 0 Å². The molecule has 2 aromatic carbocycles. The van der Waals surface area contributed by atoms with Crippen molar-refractivity contribution in [3.8, 4) is 0 Å². The summed E-state index contributed by atoms with van der Waals surface area (Å²) < 4.78 is 5.43. The highest BCUT2D eigenvalue weighted by Gasteiger charge is 2.51. The molecule has 29 heavy (non-hydrogen) atoms. The number of hydrogen-bond acceptors (Lipinski definition) is 3. The second-order valence-corrected chi connectivity index (χ2v) is 9.45. The first-order valence-electron chi connectivity index (χ1n) is 10.7. The highest BCUT2D eigenvalue weighted by atomic mass is 16.5. The van der Waals surface area contributed by atoms with Crippen LogP contribution in [0.5, 0.6) is 0 Å². The molecule has 1 aliphatic heterocycles. The van der Waals surface area contributed by atoms with Crippen molar-refractivity contribution in [2.75, 3.05) is 31.6 Å². The highest BCUT2D eigenvalue weighted by Crippen LogP contribution is 2.49. The van der Waals surface area contributed by atoms with Crippen LogP contribution in [0.3, 0.4) is 0 Å². The van der Waals surface area contributed by atoms with Gasteiger partial charge in [-0.15, -0.1) is 0 Å².